The van der Waals surface area contributed by atoms with E-state index < -0.39 is 0 Å². The topological polar surface area (TPSA) is 22.4 Å². The molecule has 0 atom stereocenters. The van der Waals surface area contributed by atoms with Gasteiger partial charge in [-0.25, -0.2) is 0 Å². The van der Waals surface area contributed by atoms with E-state index >= 15 is 0 Å². The minimum absolute atomic E-state index is 0.909. The Morgan fingerprint density at radius 3 is 1.96 bits per heavy atom. The van der Waals surface area contributed by atoms with E-state index in [1.807, 2.05) is 12.1 Å². The Morgan fingerprint density at radius 2 is 1.04 bits per heavy atom. The van der Waals surface area contributed by atoms with E-state index in [9.17, 15) is 0 Å². The first kappa shape index (κ1) is 25.2. The van der Waals surface area contributed by atoms with Gasteiger partial charge in [0.1, 0.15) is 22.7 Å². The quantitative estimate of drug-likeness (QED) is 0.205. The Hall–Kier alpha value is -6.12. The molecule has 0 saturated heterocycles. The smallest absolute Gasteiger partial charge is 0.136 e. The first-order valence-electron chi connectivity index (χ1n) is 15.7. The maximum absolute atomic E-state index is 6.34. The molecule has 10 rings (SSSR count). The lowest BCUT2D eigenvalue weighted by molar-refractivity contribution is 0.487. The second kappa shape index (κ2) is 9.69. The standard InChI is InChI=1S/C44H26O2/c1-2-9-31-26-42-38(25-30(31)8-1)43-34(13-7-17-40(43)46-42)28-20-18-27(19-21-28)29-10-5-11-32(24-29)33-22-23-41-44-36(33)14-6-15-37(44)35-12-3-4-16-39(35)45-41/h1-26H. The zero-order valence-electron chi connectivity index (χ0n) is 24.8. The lowest BCUT2D eigenvalue weighted by Gasteiger charge is -2.22. The minimum atomic E-state index is 0.909. The molecule has 0 bridgehead atoms. The van der Waals surface area contributed by atoms with Gasteiger partial charge in [-0.1, -0.05) is 121 Å². The monoisotopic (exact) mass is 586 g/mol. The Bertz CT molecular complexity index is 2660. The fraction of sp³-hybridized carbons (Fsp3) is 0. The predicted octanol–water partition coefficient (Wildman–Crippen LogP) is 12.7. The van der Waals surface area contributed by atoms with E-state index in [4.69, 9.17) is 9.15 Å². The molecule has 0 unspecified atom stereocenters. The highest BCUT2D eigenvalue weighted by Crippen LogP contribution is 2.48. The molecule has 0 spiro atoms. The molecule has 0 amide bonds. The molecule has 46 heavy (non-hydrogen) atoms. The Labute approximate surface area is 265 Å². The largest absolute Gasteiger partial charge is 0.456 e. The molecule has 1 aromatic heterocycles. The highest BCUT2D eigenvalue weighted by atomic mass is 16.5. The molecule has 214 valence electrons. The summed E-state index contributed by atoms with van der Waals surface area (Å²) in [5.74, 6) is 1.82. The van der Waals surface area contributed by atoms with Gasteiger partial charge in [0.05, 0.1) is 0 Å². The number of hydrogen-bond donors (Lipinski definition) is 0. The number of para-hydroxylation sites is 1. The van der Waals surface area contributed by atoms with E-state index in [1.165, 1.54) is 60.5 Å². The van der Waals surface area contributed by atoms with Crippen LogP contribution in [-0.4, -0.2) is 0 Å². The molecule has 8 aromatic carbocycles. The molecule has 2 heteroatoms. The molecule has 2 nitrogen and oxygen atoms in total. The van der Waals surface area contributed by atoms with Gasteiger partial charge in [-0.2, -0.15) is 0 Å². The van der Waals surface area contributed by atoms with Crippen molar-refractivity contribution in [3.05, 3.63) is 158 Å². The van der Waals surface area contributed by atoms with Gasteiger partial charge in [-0.15, -0.1) is 0 Å². The third-order valence-electron chi connectivity index (χ3n) is 9.47. The fourth-order valence-corrected chi connectivity index (χ4v) is 7.29. The summed E-state index contributed by atoms with van der Waals surface area (Å²) < 4.78 is 12.7. The fourth-order valence-electron chi connectivity index (χ4n) is 7.29. The number of rotatable bonds is 3. The summed E-state index contributed by atoms with van der Waals surface area (Å²) in [7, 11) is 0. The number of ether oxygens (including phenoxy) is 1. The molecule has 2 heterocycles. The molecular weight excluding hydrogens is 560 g/mol. The van der Waals surface area contributed by atoms with Crippen LogP contribution in [0.4, 0.5) is 0 Å². The number of benzene rings is 8. The van der Waals surface area contributed by atoms with Crippen LogP contribution in [0.15, 0.2) is 162 Å². The van der Waals surface area contributed by atoms with Crippen molar-refractivity contribution in [2.75, 3.05) is 0 Å². The van der Waals surface area contributed by atoms with Crippen molar-refractivity contribution < 1.29 is 9.15 Å². The highest BCUT2D eigenvalue weighted by Gasteiger charge is 2.21. The molecule has 9 aromatic rings. The zero-order chi connectivity index (χ0) is 30.2. The van der Waals surface area contributed by atoms with Crippen LogP contribution in [-0.2, 0) is 0 Å². The second-order valence-electron chi connectivity index (χ2n) is 12.1. The third-order valence-corrected chi connectivity index (χ3v) is 9.47. The van der Waals surface area contributed by atoms with Crippen LogP contribution in [0.3, 0.4) is 0 Å². The first-order valence-corrected chi connectivity index (χ1v) is 15.7. The Kier molecular flexibility index (Phi) is 5.31. The van der Waals surface area contributed by atoms with Crippen molar-refractivity contribution in [3.8, 4) is 56.0 Å². The predicted molar refractivity (Wildman–Crippen MR) is 191 cm³/mol. The molecular formula is C44H26O2. The van der Waals surface area contributed by atoms with Gasteiger partial charge in [-0.05, 0) is 91.5 Å². The normalized spacial score (nSPS) is 12.1. The second-order valence-corrected chi connectivity index (χ2v) is 12.1. The highest BCUT2D eigenvalue weighted by molar-refractivity contribution is 6.15. The number of furan rings is 1. The van der Waals surface area contributed by atoms with Crippen molar-refractivity contribution in [1.82, 2.24) is 0 Å². The summed E-state index contributed by atoms with van der Waals surface area (Å²) >= 11 is 0. The van der Waals surface area contributed by atoms with E-state index in [0.29, 0.717) is 0 Å². The van der Waals surface area contributed by atoms with Crippen molar-refractivity contribution in [1.29, 1.82) is 0 Å². The van der Waals surface area contributed by atoms with Crippen molar-refractivity contribution in [3.63, 3.8) is 0 Å². The average molecular weight is 587 g/mol. The van der Waals surface area contributed by atoms with Crippen LogP contribution < -0.4 is 4.74 Å². The lowest BCUT2D eigenvalue weighted by atomic mass is 9.89. The van der Waals surface area contributed by atoms with E-state index in [-0.39, 0.29) is 0 Å². The molecule has 0 aliphatic carbocycles. The van der Waals surface area contributed by atoms with Crippen LogP contribution >= 0.6 is 0 Å². The average Bonchev–Trinajstić information content (AvgIpc) is 3.48. The third kappa shape index (κ3) is 3.77. The van der Waals surface area contributed by atoms with E-state index in [0.717, 1.165) is 39.0 Å². The van der Waals surface area contributed by atoms with E-state index in [2.05, 4.69) is 146 Å². The van der Waals surface area contributed by atoms with Gasteiger partial charge in [0, 0.05) is 21.7 Å². The van der Waals surface area contributed by atoms with Gasteiger partial charge in [0.2, 0.25) is 0 Å². The molecule has 0 fully saturated rings. The summed E-state index contributed by atoms with van der Waals surface area (Å²) in [5, 5.41) is 7.08. The van der Waals surface area contributed by atoms with Gasteiger partial charge in [0.25, 0.3) is 0 Å². The zero-order valence-corrected chi connectivity index (χ0v) is 24.8. The Balaban J connectivity index is 1.05. The number of hydrogen-bond acceptors (Lipinski definition) is 2. The molecule has 1 aliphatic rings. The summed E-state index contributed by atoms with van der Waals surface area (Å²) in [6, 6.07) is 56.1. The lowest BCUT2D eigenvalue weighted by Crippen LogP contribution is -1.97. The van der Waals surface area contributed by atoms with Crippen LogP contribution in [0.25, 0.3) is 88.0 Å². The minimum Gasteiger partial charge on any atom is -0.456 e. The van der Waals surface area contributed by atoms with Crippen LogP contribution in [0.1, 0.15) is 0 Å². The molecule has 0 radical (unpaired) electrons. The van der Waals surface area contributed by atoms with Gasteiger partial charge in [0.15, 0.2) is 0 Å². The van der Waals surface area contributed by atoms with Crippen LogP contribution in [0.5, 0.6) is 11.5 Å². The van der Waals surface area contributed by atoms with E-state index in [1.54, 1.807) is 0 Å². The summed E-state index contributed by atoms with van der Waals surface area (Å²) in [6.45, 7) is 0. The molecule has 0 N–H and O–H groups in total. The van der Waals surface area contributed by atoms with Gasteiger partial charge >= 0.3 is 0 Å². The summed E-state index contributed by atoms with van der Waals surface area (Å²) in [6.07, 6.45) is 0. The summed E-state index contributed by atoms with van der Waals surface area (Å²) in [4.78, 5) is 0. The maximum atomic E-state index is 6.34. The molecule has 1 aliphatic heterocycles. The summed E-state index contributed by atoms with van der Waals surface area (Å²) in [5.41, 5.74) is 11.3. The van der Waals surface area contributed by atoms with Gasteiger partial charge < -0.3 is 9.15 Å². The number of fused-ring (bicyclic) bond motifs is 6. The maximum Gasteiger partial charge on any atom is 0.136 e. The van der Waals surface area contributed by atoms with Gasteiger partial charge in [-0.3, -0.25) is 0 Å². The van der Waals surface area contributed by atoms with Crippen LogP contribution in [0.2, 0.25) is 0 Å². The van der Waals surface area contributed by atoms with Crippen molar-refractivity contribution in [2.24, 2.45) is 0 Å². The Morgan fingerprint density at radius 1 is 0.326 bits per heavy atom. The first-order chi connectivity index (χ1) is 22.8. The van der Waals surface area contributed by atoms with Crippen molar-refractivity contribution in [2.45, 2.75) is 0 Å². The van der Waals surface area contributed by atoms with Crippen LogP contribution in [0, 0.1) is 0 Å². The molecule has 0 saturated carbocycles. The van der Waals surface area contributed by atoms with Crippen molar-refractivity contribution >= 4 is 43.5 Å². The SMILES string of the molecule is c1cc(-c2ccc(-c3cccc4oc5cc6ccccc6cc5c34)cc2)cc(-c2ccc3c4c(cccc24)-c2ccccc2O3)c1.